The fourth-order valence-corrected chi connectivity index (χ4v) is 2.22. The van der Waals surface area contributed by atoms with Crippen LogP contribution in [0, 0.1) is 0 Å². The van der Waals surface area contributed by atoms with Crippen LogP contribution in [0.2, 0.25) is 0 Å². The molecule has 1 amide bonds. The van der Waals surface area contributed by atoms with E-state index in [1.54, 1.807) is 0 Å². The first-order chi connectivity index (χ1) is 9.70. The van der Waals surface area contributed by atoms with Crippen LogP contribution < -0.4 is 10.6 Å². The first-order valence-electron chi connectivity index (χ1n) is 6.82. The third kappa shape index (κ3) is 3.60. The van der Waals surface area contributed by atoms with Crippen LogP contribution in [-0.2, 0) is 6.42 Å². The van der Waals surface area contributed by atoms with Crippen LogP contribution in [0.4, 0.5) is 5.69 Å². The summed E-state index contributed by atoms with van der Waals surface area (Å²) < 4.78 is 0. The molecule has 1 atom stereocenters. The molecule has 0 saturated heterocycles. The van der Waals surface area contributed by atoms with Gasteiger partial charge >= 0.3 is 0 Å². The fraction of sp³-hybridized carbons (Fsp3) is 0.235. The number of carbonyl (C=O) groups excluding carboxylic acids is 1. The van der Waals surface area contributed by atoms with Gasteiger partial charge in [-0.1, -0.05) is 42.5 Å². The number of anilines is 1. The average Bonchev–Trinajstić information content (AvgIpc) is 2.48. The summed E-state index contributed by atoms with van der Waals surface area (Å²) in [5, 5.41) is 6.08. The number of para-hydroxylation sites is 1. The third-order valence-corrected chi connectivity index (χ3v) is 3.20. The van der Waals surface area contributed by atoms with Crippen molar-refractivity contribution in [3.63, 3.8) is 0 Å². The van der Waals surface area contributed by atoms with E-state index in [0.29, 0.717) is 5.56 Å². The summed E-state index contributed by atoms with van der Waals surface area (Å²) in [5.74, 6) is -0.0432. The van der Waals surface area contributed by atoms with E-state index in [2.05, 4.69) is 22.8 Å². The summed E-state index contributed by atoms with van der Waals surface area (Å²) in [4.78, 5) is 12.3. The second-order valence-corrected chi connectivity index (χ2v) is 4.86. The maximum Gasteiger partial charge on any atom is 0.253 e. The first-order valence-corrected chi connectivity index (χ1v) is 6.82. The molecule has 0 saturated carbocycles. The molecule has 2 aromatic carbocycles. The molecule has 104 valence electrons. The lowest BCUT2D eigenvalue weighted by Gasteiger charge is -2.15. The molecule has 2 N–H and O–H groups in total. The molecule has 2 rings (SSSR count). The number of hydrogen-bond acceptors (Lipinski definition) is 2. The summed E-state index contributed by atoms with van der Waals surface area (Å²) in [6.07, 6.45) is 0.828. The van der Waals surface area contributed by atoms with Crippen LogP contribution in [0.5, 0.6) is 0 Å². The largest absolute Gasteiger partial charge is 0.387 e. The van der Waals surface area contributed by atoms with Crippen molar-refractivity contribution in [2.24, 2.45) is 0 Å². The molecular formula is C17H20N2O. The van der Waals surface area contributed by atoms with Gasteiger partial charge in [-0.05, 0) is 31.0 Å². The lowest BCUT2D eigenvalue weighted by atomic mass is 10.1. The second kappa shape index (κ2) is 6.75. The Morgan fingerprint density at radius 3 is 2.40 bits per heavy atom. The Bertz CT molecular complexity index is 566. The topological polar surface area (TPSA) is 41.1 Å². The van der Waals surface area contributed by atoms with E-state index >= 15 is 0 Å². The lowest BCUT2D eigenvalue weighted by molar-refractivity contribution is 0.0941. The zero-order chi connectivity index (χ0) is 14.4. The summed E-state index contributed by atoms with van der Waals surface area (Å²) in [5.41, 5.74) is 2.74. The van der Waals surface area contributed by atoms with Gasteiger partial charge in [0.15, 0.2) is 0 Å². The number of nitrogens with one attached hydrogen (secondary N) is 2. The Kier molecular flexibility index (Phi) is 4.77. The Hall–Kier alpha value is -2.29. The van der Waals surface area contributed by atoms with Crippen molar-refractivity contribution < 1.29 is 4.79 Å². The van der Waals surface area contributed by atoms with E-state index in [9.17, 15) is 4.79 Å². The first kappa shape index (κ1) is 14.1. The molecule has 0 heterocycles. The minimum atomic E-state index is -0.0432. The number of carbonyl (C=O) groups is 1. The number of amides is 1. The molecule has 3 heteroatoms. The van der Waals surface area contributed by atoms with Gasteiger partial charge in [0.05, 0.1) is 5.56 Å². The zero-order valence-electron chi connectivity index (χ0n) is 11.9. The molecule has 0 spiro atoms. The Morgan fingerprint density at radius 2 is 1.70 bits per heavy atom. The van der Waals surface area contributed by atoms with E-state index in [0.717, 1.165) is 12.1 Å². The highest BCUT2D eigenvalue weighted by Gasteiger charge is 2.13. The Morgan fingerprint density at radius 1 is 1.05 bits per heavy atom. The summed E-state index contributed by atoms with van der Waals surface area (Å²) in [6, 6.07) is 17.8. The SMILES string of the molecule is CNc1ccccc1C(=O)NC(C)Cc1ccccc1. The molecule has 0 aromatic heterocycles. The van der Waals surface area contributed by atoms with Crippen molar-refractivity contribution in [3.05, 3.63) is 65.7 Å². The van der Waals surface area contributed by atoms with Gasteiger partial charge in [-0.2, -0.15) is 0 Å². The quantitative estimate of drug-likeness (QED) is 0.875. The molecule has 0 aliphatic rings. The molecule has 0 radical (unpaired) electrons. The predicted molar refractivity (Wildman–Crippen MR) is 83.1 cm³/mol. The fourth-order valence-electron chi connectivity index (χ4n) is 2.22. The summed E-state index contributed by atoms with van der Waals surface area (Å²) >= 11 is 0. The van der Waals surface area contributed by atoms with Crippen LogP contribution >= 0.6 is 0 Å². The number of rotatable bonds is 5. The Labute approximate surface area is 120 Å². The van der Waals surface area contributed by atoms with Crippen molar-refractivity contribution in [2.45, 2.75) is 19.4 Å². The monoisotopic (exact) mass is 268 g/mol. The number of hydrogen-bond donors (Lipinski definition) is 2. The molecule has 1 unspecified atom stereocenters. The molecule has 0 aliphatic heterocycles. The highest BCUT2D eigenvalue weighted by atomic mass is 16.1. The van der Waals surface area contributed by atoms with Crippen molar-refractivity contribution >= 4 is 11.6 Å². The van der Waals surface area contributed by atoms with Gasteiger partial charge in [0.25, 0.3) is 5.91 Å². The van der Waals surface area contributed by atoms with E-state index in [4.69, 9.17) is 0 Å². The van der Waals surface area contributed by atoms with Crippen LogP contribution in [-0.4, -0.2) is 19.0 Å². The molecule has 0 aliphatic carbocycles. The van der Waals surface area contributed by atoms with Crippen LogP contribution in [0.3, 0.4) is 0 Å². The van der Waals surface area contributed by atoms with Gasteiger partial charge in [-0.15, -0.1) is 0 Å². The minimum absolute atomic E-state index is 0.0432. The number of benzene rings is 2. The van der Waals surface area contributed by atoms with Gasteiger partial charge < -0.3 is 10.6 Å². The van der Waals surface area contributed by atoms with Crippen LogP contribution in [0.1, 0.15) is 22.8 Å². The van der Waals surface area contributed by atoms with Gasteiger partial charge in [-0.3, -0.25) is 4.79 Å². The molecule has 2 aromatic rings. The van der Waals surface area contributed by atoms with Gasteiger partial charge in [0.2, 0.25) is 0 Å². The van der Waals surface area contributed by atoms with Crippen molar-refractivity contribution in [1.29, 1.82) is 0 Å². The van der Waals surface area contributed by atoms with Crippen LogP contribution in [0.15, 0.2) is 54.6 Å². The highest BCUT2D eigenvalue weighted by Crippen LogP contribution is 2.14. The lowest BCUT2D eigenvalue weighted by Crippen LogP contribution is -2.34. The molecular weight excluding hydrogens is 248 g/mol. The highest BCUT2D eigenvalue weighted by molar-refractivity contribution is 5.99. The van der Waals surface area contributed by atoms with Crippen molar-refractivity contribution in [2.75, 3.05) is 12.4 Å². The molecule has 3 nitrogen and oxygen atoms in total. The van der Waals surface area contributed by atoms with Crippen molar-refractivity contribution in [1.82, 2.24) is 5.32 Å². The minimum Gasteiger partial charge on any atom is -0.387 e. The molecule has 0 bridgehead atoms. The summed E-state index contributed by atoms with van der Waals surface area (Å²) in [6.45, 7) is 2.02. The Balaban J connectivity index is 2.00. The standard InChI is InChI=1S/C17H20N2O/c1-13(12-14-8-4-3-5-9-14)19-17(20)15-10-6-7-11-16(15)18-2/h3-11,13,18H,12H2,1-2H3,(H,19,20). The average molecular weight is 268 g/mol. The van der Waals surface area contributed by atoms with E-state index in [-0.39, 0.29) is 11.9 Å². The third-order valence-electron chi connectivity index (χ3n) is 3.20. The molecule has 0 fully saturated rings. The predicted octanol–water partition coefficient (Wildman–Crippen LogP) is 3.09. The van der Waals surface area contributed by atoms with E-state index in [1.165, 1.54) is 5.56 Å². The maximum absolute atomic E-state index is 12.3. The zero-order valence-corrected chi connectivity index (χ0v) is 11.9. The smallest absolute Gasteiger partial charge is 0.253 e. The van der Waals surface area contributed by atoms with Crippen LogP contribution in [0.25, 0.3) is 0 Å². The second-order valence-electron chi connectivity index (χ2n) is 4.86. The van der Waals surface area contributed by atoms with Gasteiger partial charge in [0, 0.05) is 18.8 Å². The van der Waals surface area contributed by atoms with Gasteiger partial charge in [-0.25, -0.2) is 0 Å². The normalized spacial score (nSPS) is 11.7. The van der Waals surface area contributed by atoms with Gasteiger partial charge in [0.1, 0.15) is 0 Å². The maximum atomic E-state index is 12.3. The van der Waals surface area contributed by atoms with E-state index in [1.807, 2.05) is 56.4 Å². The summed E-state index contributed by atoms with van der Waals surface area (Å²) in [7, 11) is 1.82. The van der Waals surface area contributed by atoms with Crippen molar-refractivity contribution in [3.8, 4) is 0 Å². The molecule has 20 heavy (non-hydrogen) atoms. The van der Waals surface area contributed by atoms with E-state index < -0.39 is 0 Å².